The number of aliphatic hydroxyl groups is 1. The highest BCUT2D eigenvalue weighted by Crippen LogP contribution is 2.43. The summed E-state index contributed by atoms with van der Waals surface area (Å²) in [7, 11) is 3.79. The number of carbonyl (C=O) groups excluding carboxylic acids is 1. The van der Waals surface area contributed by atoms with E-state index in [9.17, 15) is 14.3 Å². The zero-order valence-corrected chi connectivity index (χ0v) is 23.2. The number of rotatable bonds is 8. The van der Waals surface area contributed by atoms with Gasteiger partial charge in [0, 0.05) is 42.9 Å². The van der Waals surface area contributed by atoms with Crippen LogP contribution in [0.2, 0.25) is 0 Å². The van der Waals surface area contributed by atoms with Crippen molar-refractivity contribution in [1.29, 1.82) is 0 Å². The van der Waals surface area contributed by atoms with E-state index in [2.05, 4.69) is 16.3 Å². The molecule has 4 aromatic rings. The number of hydrogen-bond acceptors (Lipinski definition) is 6. The third-order valence-electron chi connectivity index (χ3n) is 7.44. The maximum atomic E-state index is 14.4. The lowest BCUT2D eigenvalue weighted by Gasteiger charge is -2.25. The molecule has 206 valence electrons. The first-order chi connectivity index (χ1) is 19.1. The summed E-state index contributed by atoms with van der Waals surface area (Å²) in [4.78, 5) is 22.4. The Bertz CT molecular complexity index is 1600. The summed E-state index contributed by atoms with van der Waals surface area (Å²) in [6.45, 7) is 5.15. The summed E-state index contributed by atoms with van der Waals surface area (Å²) in [6, 6.07) is 14.7. The Morgan fingerprint density at radius 1 is 1.07 bits per heavy atom. The molecule has 9 heteroatoms. The number of halogens is 1. The molecule has 40 heavy (non-hydrogen) atoms. The molecule has 1 amide bonds. The summed E-state index contributed by atoms with van der Waals surface area (Å²) in [5, 5.41) is 18.4. The molecule has 2 aliphatic rings. The normalized spacial score (nSPS) is 15.3. The van der Waals surface area contributed by atoms with Gasteiger partial charge in [0.2, 0.25) is 0 Å². The second-order valence-corrected chi connectivity index (χ2v) is 11.7. The van der Waals surface area contributed by atoms with Gasteiger partial charge in [-0.3, -0.25) is 14.6 Å². The van der Waals surface area contributed by atoms with Crippen LogP contribution in [0.4, 0.5) is 10.2 Å². The maximum absolute atomic E-state index is 14.4. The van der Waals surface area contributed by atoms with Gasteiger partial charge in [0.05, 0.1) is 12.1 Å². The van der Waals surface area contributed by atoms with Crippen molar-refractivity contribution in [3.05, 3.63) is 83.1 Å². The highest BCUT2D eigenvalue weighted by Gasteiger charge is 2.32. The molecule has 2 aromatic carbocycles. The Kier molecular flexibility index (Phi) is 6.51. The molecule has 0 radical (unpaired) electrons. The van der Waals surface area contributed by atoms with Gasteiger partial charge in [0.15, 0.2) is 5.82 Å². The van der Waals surface area contributed by atoms with E-state index in [4.69, 9.17) is 4.98 Å². The van der Waals surface area contributed by atoms with Crippen LogP contribution in [-0.2, 0) is 20.1 Å². The van der Waals surface area contributed by atoms with Crippen LogP contribution >= 0.6 is 0 Å². The van der Waals surface area contributed by atoms with Crippen molar-refractivity contribution in [3.8, 4) is 22.5 Å². The Labute approximate surface area is 233 Å². The van der Waals surface area contributed by atoms with E-state index in [1.165, 1.54) is 12.1 Å². The minimum atomic E-state index is -0.800. The molecule has 0 unspecified atom stereocenters. The smallest absolute Gasteiger partial charge is 0.260 e. The SMILES string of the molecule is CN(Cc1ccc2c(c1)C(=O)N(c1cc(-c3ccc(F)cc3-c3nncn3C)cc(C3CC3)n1)C2)CC(C)(C)O. The fourth-order valence-electron chi connectivity index (χ4n) is 5.56. The fraction of sp³-hybridized carbons (Fsp3) is 0.355. The van der Waals surface area contributed by atoms with Gasteiger partial charge in [-0.05, 0) is 86.3 Å². The molecule has 3 heterocycles. The third kappa shape index (κ3) is 5.26. The summed E-state index contributed by atoms with van der Waals surface area (Å²) < 4.78 is 16.1. The van der Waals surface area contributed by atoms with Gasteiger partial charge >= 0.3 is 0 Å². The lowest BCUT2D eigenvalue weighted by Crippen LogP contribution is -2.35. The number of fused-ring (bicyclic) bond motifs is 1. The Balaban J connectivity index is 1.35. The molecule has 1 aliphatic carbocycles. The van der Waals surface area contributed by atoms with Gasteiger partial charge in [-0.25, -0.2) is 9.37 Å². The summed E-state index contributed by atoms with van der Waals surface area (Å²) >= 11 is 0. The molecule has 1 N–H and O–H groups in total. The minimum Gasteiger partial charge on any atom is -0.389 e. The van der Waals surface area contributed by atoms with Crippen molar-refractivity contribution in [2.45, 2.75) is 51.3 Å². The quantitative estimate of drug-likeness (QED) is 0.341. The highest BCUT2D eigenvalue weighted by molar-refractivity contribution is 6.10. The molecule has 0 atom stereocenters. The van der Waals surface area contributed by atoms with Crippen molar-refractivity contribution >= 4 is 11.7 Å². The van der Waals surface area contributed by atoms with Gasteiger partial charge in [-0.15, -0.1) is 10.2 Å². The van der Waals surface area contributed by atoms with Crippen molar-refractivity contribution in [1.82, 2.24) is 24.6 Å². The van der Waals surface area contributed by atoms with Crippen molar-refractivity contribution in [3.63, 3.8) is 0 Å². The fourth-order valence-corrected chi connectivity index (χ4v) is 5.56. The van der Waals surface area contributed by atoms with Crippen LogP contribution in [0, 0.1) is 5.82 Å². The van der Waals surface area contributed by atoms with E-state index in [0.29, 0.717) is 48.3 Å². The lowest BCUT2D eigenvalue weighted by atomic mass is 9.98. The van der Waals surface area contributed by atoms with Crippen molar-refractivity contribution < 1.29 is 14.3 Å². The largest absolute Gasteiger partial charge is 0.389 e. The van der Waals surface area contributed by atoms with Crippen LogP contribution in [0.15, 0.2) is 54.9 Å². The molecule has 1 aliphatic heterocycles. The first-order valence-corrected chi connectivity index (χ1v) is 13.6. The first-order valence-electron chi connectivity index (χ1n) is 13.6. The molecular formula is C31H33FN6O2. The highest BCUT2D eigenvalue weighted by atomic mass is 19.1. The number of pyridine rings is 1. The monoisotopic (exact) mass is 540 g/mol. The van der Waals surface area contributed by atoms with Crippen LogP contribution in [-0.4, -0.2) is 54.9 Å². The van der Waals surface area contributed by atoms with Crippen LogP contribution < -0.4 is 4.90 Å². The minimum absolute atomic E-state index is 0.0824. The number of benzene rings is 2. The number of hydrogen-bond donors (Lipinski definition) is 1. The van der Waals surface area contributed by atoms with E-state index in [-0.39, 0.29) is 11.7 Å². The second kappa shape index (κ2) is 9.91. The van der Waals surface area contributed by atoms with E-state index in [1.54, 1.807) is 35.7 Å². The molecule has 8 nitrogen and oxygen atoms in total. The Morgan fingerprint density at radius 3 is 2.58 bits per heavy atom. The molecule has 1 saturated carbocycles. The first kappa shape index (κ1) is 26.3. The zero-order valence-electron chi connectivity index (χ0n) is 23.2. The predicted octanol–water partition coefficient (Wildman–Crippen LogP) is 4.92. The molecule has 2 aromatic heterocycles. The zero-order chi connectivity index (χ0) is 28.2. The van der Waals surface area contributed by atoms with E-state index >= 15 is 0 Å². The summed E-state index contributed by atoms with van der Waals surface area (Å²) in [5.41, 5.74) is 5.10. The van der Waals surface area contributed by atoms with Crippen molar-refractivity contribution in [2.24, 2.45) is 7.05 Å². The standard InChI is InChI=1S/C31H33FN6O2/c1-31(2,40)17-36(3)15-19-5-6-21-16-38(30(39)25(21)11-19)28-13-22(12-27(34-28)20-7-8-20)24-10-9-23(32)14-26(24)29-35-33-18-37(29)4/h5-6,9-14,18,20,40H,7-8,15-17H2,1-4H3. The summed E-state index contributed by atoms with van der Waals surface area (Å²) in [5.74, 6) is 1.08. The number of aryl methyl sites for hydroxylation is 1. The van der Waals surface area contributed by atoms with Gasteiger partial charge in [0.25, 0.3) is 5.91 Å². The Morgan fingerprint density at radius 2 is 1.88 bits per heavy atom. The number of anilines is 1. The number of likely N-dealkylation sites (N-methyl/N-ethyl adjacent to an activating group) is 1. The van der Waals surface area contributed by atoms with Crippen LogP contribution in [0.1, 0.15) is 59.8 Å². The number of aromatic nitrogens is 4. The van der Waals surface area contributed by atoms with Gasteiger partial charge in [-0.1, -0.05) is 18.2 Å². The van der Waals surface area contributed by atoms with Gasteiger partial charge < -0.3 is 9.67 Å². The Hall–Kier alpha value is -3.95. The number of carbonyl (C=O) groups is 1. The number of amides is 1. The average Bonchev–Trinajstić information content (AvgIpc) is 3.58. The molecule has 0 saturated heterocycles. The number of nitrogens with zero attached hydrogens (tertiary/aromatic N) is 6. The maximum Gasteiger partial charge on any atom is 0.260 e. The van der Waals surface area contributed by atoms with Gasteiger partial charge in [-0.2, -0.15) is 0 Å². The lowest BCUT2D eigenvalue weighted by molar-refractivity contribution is 0.0424. The molecule has 6 rings (SSSR count). The van der Waals surface area contributed by atoms with Crippen LogP contribution in [0.25, 0.3) is 22.5 Å². The van der Waals surface area contributed by atoms with Crippen molar-refractivity contribution in [2.75, 3.05) is 18.5 Å². The molecule has 0 spiro atoms. The summed E-state index contributed by atoms with van der Waals surface area (Å²) in [6.07, 6.45) is 3.71. The predicted molar refractivity (Wildman–Crippen MR) is 151 cm³/mol. The second-order valence-electron chi connectivity index (χ2n) is 11.7. The van der Waals surface area contributed by atoms with E-state index < -0.39 is 5.60 Å². The van der Waals surface area contributed by atoms with Gasteiger partial charge in [0.1, 0.15) is 18.0 Å². The topological polar surface area (TPSA) is 87.4 Å². The van der Waals surface area contributed by atoms with Crippen LogP contribution in [0.3, 0.4) is 0 Å². The van der Waals surface area contributed by atoms with E-state index in [1.807, 2.05) is 43.3 Å². The average molecular weight is 541 g/mol. The molecule has 1 fully saturated rings. The van der Waals surface area contributed by atoms with Crippen LogP contribution in [0.5, 0.6) is 0 Å². The molecular weight excluding hydrogens is 507 g/mol. The third-order valence-corrected chi connectivity index (χ3v) is 7.44. The molecule has 0 bridgehead atoms. The van der Waals surface area contributed by atoms with E-state index in [0.717, 1.165) is 40.8 Å².